The first-order valence-electron chi connectivity index (χ1n) is 7.01. The summed E-state index contributed by atoms with van der Waals surface area (Å²) in [7, 11) is 0. The fourth-order valence-electron chi connectivity index (χ4n) is 2.51. The van der Waals surface area contributed by atoms with Crippen LogP contribution in [0.4, 0.5) is 0 Å². The average molecular weight is 338 g/mol. The maximum atomic E-state index is 9.39. The number of thiophene rings is 1. The Morgan fingerprint density at radius 3 is 2.41 bits per heavy atom. The highest BCUT2D eigenvalue weighted by Crippen LogP contribution is 2.32. The third kappa shape index (κ3) is 3.12. The molecule has 3 nitrogen and oxygen atoms in total. The van der Waals surface area contributed by atoms with Crippen LogP contribution >= 0.6 is 23.7 Å². The van der Waals surface area contributed by atoms with Crippen molar-refractivity contribution in [3.05, 3.63) is 47.3 Å². The van der Waals surface area contributed by atoms with Crippen LogP contribution in [0.1, 0.15) is 12.5 Å². The van der Waals surface area contributed by atoms with Crippen LogP contribution in [0.2, 0.25) is 0 Å². The van der Waals surface area contributed by atoms with Crippen molar-refractivity contribution in [2.24, 2.45) is 0 Å². The molecule has 118 valence electrons. The van der Waals surface area contributed by atoms with Crippen molar-refractivity contribution in [3.8, 4) is 0 Å². The smallest absolute Gasteiger partial charge is 0.0633 e. The Balaban J connectivity index is 0.00000176. The Morgan fingerprint density at radius 2 is 1.73 bits per heavy atom. The highest BCUT2D eigenvalue weighted by atomic mass is 35.5. The van der Waals surface area contributed by atoms with Gasteiger partial charge in [0.05, 0.1) is 18.8 Å². The maximum absolute atomic E-state index is 9.39. The number of hydrogen-bond acceptors (Lipinski definition) is 4. The highest BCUT2D eigenvalue weighted by molar-refractivity contribution is 7.17. The number of rotatable bonds is 5. The zero-order valence-electron chi connectivity index (χ0n) is 12.4. The first-order valence-corrected chi connectivity index (χ1v) is 7.89. The minimum atomic E-state index is -0.661. The summed E-state index contributed by atoms with van der Waals surface area (Å²) in [6.45, 7) is 2.25. The summed E-state index contributed by atoms with van der Waals surface area (Å²) in [6.07, 6.45) is 0. The molecular formula is C17H20ClNO2S. The van der Waals surface area contributed by atoms with Crippen molar-refractivity contribution in [2.75, 3.05) is 13.2 Å². The number of halogens is 1. The van der Waals surface area contributed by atoms with Crippen molar-refractivity contribution in [1.29, 1.82) is 0 Å². The molecule has 5 heteroatoms. The molecule has 22 heavy (non-hydrogen) atoms. The van der Waals surface area contributed by atoms with E-state index in [-0.39, 0.29) is 25.6 Å². The van der Waals surface area contributed by atoms with Crippen molar-refractivity contribution in [1.82, 2.24) is 5.32 Å². The summed E-state index contributed by atoms with van der Waals surface area (Å²) in [5.74, 6) is 0. The van der Waals surface area contributed by atoms with E-state index in [9.17, 15) is 10.2 Å². The van der Waals surface area contributed by atoms with E-state index < -0.39 is 5.54 Å². The summed E-state index contributed by atoms with van der Waals surface area (Å²) in [4.78, 5) is 0. The monoisotopic (exact) mass is 337 g/mol. The van der Waals surface area contributed by atoms with E-state index in [1.165, 1.54) is 26.4 Å². The Morgan fingerprint density at radius 1 is 1.05 bits per heavy atom. The van der Waals surface area contributed by atoms with E-state index in [2.05, 4.69) is 41.0 Å². The lowest BCUT2D eigenvalue weighted by Crippen LogP contribution is -2.48. The molecule has 0 saturated carbocycles. The van der Waals surface area contributed by atoms with Gasteiger partial charge in [0, 0.05) is 16.6 Å². The van der Waals surface area contributed by atoms with Gasteiger partial charge in [-0.2, -0.15) is 0 Å². The van der Waals surface area contributed by atoms with Crippen molar-refractivity contribution < 1.29 is 10.2 Å². The van der Waals surface area contributed by atoms with Gasteiger partial charge < -0.3 is 15.5 Å². The number of aliphatic hydroxyl groups excluding tert-OH is 2. The van der Waals surface area contributed by atoms with Gasteiger partial charge in [-0.15, -0.1) is 23.7 Å². The molecule has 0 fully saturated rings. The number of fused-ring (bicyclic) bond motifs is 3. The predicted octanol–water partition coefficient (Wildman–Crippen LogP) is 3.31. The molecule has 0 atom stereocenters. The lowest BCUT2D eigenvalue weighted by molar-refractivity contribution is 0.103. The Bertz CT molecular complexity index is 768. The van der Waals surface area contributed by atoms with Crippen LogP contribution < -0.4 is 5.32 Å². The first-order chi connectivity index (χ1) is 10.2. The molecule has 3 N–H and O–H groups in total. The predicted molar refractivity (Wildman–Crippen MR) is 96.0 cm³/mol. The van der Waals surface area contributed by atoms with E-state index in [0.717, 1.165) is 0 Å². The average Bonchev–Trinajstić information content (AvgIpc) is 3.01. The van der Waals surface area contributed by atoms with E-state index >= 15 is 0 Å². The molecule has 0 aliphatic rings. The van der Waals surface area contributed by atoms with Gasteiger partial charge in [-0.3, -0.25) is 0 Å². The number of aliphatic hydroxyl groups is 2. The molecule has 0 spiro atoms. The van der Waals surface area contributed by atoms with Crippen LogP contribution in [0.25, 0.3) is 20.9 Å². The molecule has 0 radical (unpaired) electrons. The maximum Gasteiger partial charge on any atom is 0.0633 e. The molecule has 2 aromatic carbocycles. The lowest BCUT2D eigenvalue weighted by Gasteiger charge is -2.26. The normalized spacial score (nSPS) is 11.8. The Hall–Kier alpha value is -1.17. The second-order valence-corrected chi connectivity index (χ2v) is 6.59. The summed E-state index contributed by atoms with van der Waals surface area (Å²) in [6, 6.07) is 12.7. The molecule has 0 aliphatic heterocycles. The first kappa shape index (κ1) is 17.2. The fraction of sp³-hybridized carbons (Fsp3) is 0.294. The van der Waals surface area contributed by atoms with Gasteiger partial charge in [-0.05, 0) is 40.8 Å². The van der Waals surface area contributed by atoms with E-state index in [1.807, 2.05) is 13.0 Å². The van der Waals surface area contributed by atoms with Crippen LogP contribution in [-0.4, -0.2) is 29.0 Å². The fourth-order valence-corrected chi connectivity index (χ4v) is 3.37. The Kier molecular flexibility index (Phi) is 5.42. The SMILES string of the molecule is CC(CO)(CO)NCc1cc2sccc2c2ccccc12.Cl. The molecule has 0 aliphatic carbocycles. The summed E-state index contributed by atoms with van der Waals surface area (Å²) in [5, 5.41) is 27.9. The third-order valence-electron chi connectivity index (χ3n) is 3.97. The van der Waals surface area contributed by atoms with Gasteiger partial charge in [-0.25, -0.2) is 0 Å². The third-order valence-corrected chi connectivity index (χ3v) is 4.83. The van der Waals surface area contributed by atoms with Gasteiger partial charge in [0.25, 0.3) is 0 Å². The molecular weight excluding hydrogens is 318 g/mol. The standard InChI is InChI=1S/C17H19NO2S.ClH/c1-17(10-19,11-20)18-9-12-8-16-15(6-7-21-16)14-5-3-2-4-13(12)14;/h2-8,18-20H,9-11H2,1H3;1H. The molecule has 1 aromatic heterocycles. The van der Waals surface area contributed by atoms with Crippen LogP contribution in [0.5, 0.6) is 0 Å². The summed E-state index contributed by atoms with van der Waals surface area (Å²) < 4.78 is 1.26. The molecule has 3 aromatic rings. The quantitative estimate of drug-likeness (QED) is 0.669. The summed E-state index contributed by atoms with van der Waals surface area (Å²) in [5.41, 5.74) is 0.527. The van der Waals surface area contributed by atoms with Crippen molar-refractivity contribution >= 4 is 44.6 Å². The van der Waals surface area contributed by atoms with Crippen LogP contribution in [0.3, 0.4) is 0 Å². The summed E-state index contributed by atoms with van der Waals surface area (Å²) >= 11 is 1.73. The number of nitrogens with one attached hydrogen (secondary N) is 1. The molecule has 1 heterocycles. The lowest BCUT2D eigenvalue weighted by atomic mass is 9.99. The molecule has 0 amide bonds. The molecule has 0 unspecified atom stereocenters. The Labute approximate surface area is 140 Å². The van der Waals surface area contributed by atoms with E-state index in [0.29, 0.717) is 6.54 Å². The second-order valence-electron chi connectivity index (χ2n) is 5.64. The van der Waals surface area contributed by atoms with E-state index in [4.69, 9.17) is 0 Å². The van der Waals surface area contributed by atoms with Crippen LogP contribution in [0.15, 0.2) is 41.8 Å². The number of hydrogen-bond donors (Lipinski definition) is 3. The molecule has 0 saturated heterocycles. The number of benzene rings is 2. The van der Waals surface area contributed by atoms with Crippen LogP contribution in [-0.2, 0) is 6.54 Å². The van der Waals surface area contributed by atoms with Gasteiger partial charge in [-0.1, -0.05) is 24.3 Å². The largest absolute Gasteiger partial charge is 0.394 e. The van der Waals surface area contributed by atoms with Crippen LogP contribution in [0, 0.1) is 0 Å². The van der Waals surface area contributed by atoms with E-state index in [1.54, 1.807) is 11.3 Å². The minimum Gasteiger partial charge on any atom is -0.394 e. The topological polar surface area (TPSA) is 52.5 Å². The van der Waals surface area contributed by atoms with Gasteiger partial charge in [0.15, 0.2) is 0 Å². The minimum absolute atomic E-state index is 0. The molecule has 3 rings (SSSR count). The van der Waals surface area contributed by atoms with Gasteiger partial charge in [0.1, 0.15) is 0 Å². The van der Waals surface area contributed by atoms with Gasteiger partial charge in [0.2, 0.25) is 0 Å². The second kappa shape index (κ2) is 6.94. The van der Waals surface area contributed by atoms with Crippen molar-refractivity contribution in [2.45, 2.75) is 19.0 Å². The molecule has 0 bridgehead atoms. The zero-order chi connectivity index (χ0) is 14.9. The van der Waals surface area contributed by atoms with Crippen molar-refractivity contribution in [3.63, 3.8) is 0 Å². The zero-order valence-corrected chi connectivity index (χ0v) is 14.0. The van der Waals surface area contributed by atoms with Gasteiger partial charge >= 0.3 is 0 Å². The highest BCUT2D eigenvalue weighted by Gasteiger charge is 2.21.